The van der Waals surface area contributed by atoms with Crippen molar-refractivity contribution in [3.8, 4) is 5.75 Å². The maximum atomic E-state index is 13.3. The molecule has 1 aromatic carbocycles. The van der Waals surface area contributed by atoms with Crippen LogP contribution in [0.25, 0.3) is 0 Å². The van der Waals surface area contributed by atoms with E-state index in [2.05, 4.69) is 15.6 Å². The van der Waals surface area contributed by atoms with Gasteiger partial charge in [0.1, 0.15) is 19.0 Å². The molecule has 3 heterocycles. The topological polar surface area (TPSA) is 121 Å². The average Bonchev–Trinajstić information content (AvgIpc) is 3.02. The molecular formula is C32H43FN4O5. The number of pyridine rings is 1. The Morgan fingerprint density at radius 3 is 2.60 bits per heavy atom. The molecule has 0 aliphatic carbocycles. The normalized spacial score (nSPS) is 18.3. The van der Waals surface area contributed by atoms with Crippen LogP contribution in [-0.4, -0.2) is 72.2 Å². The summed E-state index contributed by atoms with van der Waals surface area (Å²) in [6.45, 7) is 2.54. The van der Waals surface area contributed by atoms with Gasteiger partial charge in [0.2, 0.25) is 11.8 Å². The van der Waals surface area contributed by atoms with E-state index in [-0.39, 0.29) is 30.8 Å². The fourth-order valence-electron chi connectivity index (χ4n) is 5.82. The fourth-order valence-corrected chi connectivity index (χ4v) is 5.82. The summed E-state index contributed by atoms with van der Waals surface area (Å²) >= 11 is 0. The summed E-state index contributed by atoms with van der Waals surface area (Å²) < 4.78 is 17.6. The summed E-state index contributed by atoms with van der Waals surface area (Å²) in [5.74, 6) is -0.307. The number of nitrogens with one attached hydrogen (secondary N) is 2. The Balaban J connectivity index is 1.32. The summed E-state index contributed by atoms with van der Waals surface area (Å²) in [5, 5.41) is 15.9. The van der Waals surface area contributed by atoms with Crippen LogP contribution in [0.2, 0.25) is 0 Å². The van der Waals surface area contributed by atoms with Crippen LogP contribution in [0.1, 0.15) is 67.7 Å². The number of carboxylic acids is 1. The van der Waals surface area contributed by atoms with Crippen LogP contribution >= 0.6 is 0 Å². The molecule has 4 rings (SSSR count). The number of benzene rings is 1. The molecule has 2 atom stereocenters. The lowest BCUT2D eigenvalue weighted by Crippen LogP contribution is -2.46. The monoisotopic (exact) mass is 582 g/mol. The van der Waals surface area contributed by atoms with Crippen molar-refractivity contribution < 1.29 is 28.6 Å². The molecule has 2 aliphatic rings. The Labute approximate surface area is 247 Å². The molecule has 2 fully saturated rings. The van der Waals surface area contributed by atoms with Gasteiger partial charge in [0.15, 0.2) is 0 Å². The lowest BCUT2D eigenvalue weighted by Gasteiger charge is -2.33. The molecule has 228 valence electrons. The summed E-state index contributed by atoms with van der Waals surface area (Å²) in [6, 6.07) is 8.67. The molecule has 2 saturated heterocycles. The third kappa shape index (κ3) is 9.79. The Morgan fingerprint density at radius 1 is 1.10 bits per heavy atom. The Morgan fingerprint density at radius 2 is 1.86 bits per heavy atom. The number of rotatable bonds is 14. The maximum absolute atomic E-state index is 13.3. The number of aliphatic carboxylic acids is 1. The number of ether oxygens (including phenoxy) is 1. The van der Waals surface area contributed by atoms with E-state index in [9.17, 15) is 23.9 Å². The fraction of sp³-hybridized carbons (Fsp3) is 0.562. The second kappa shape index (κ2) is 16.2. The van der Waals surface area contributed by atoms with Gasteiger partial charge >= 0.3 is 5.97 Å². The highest BCUT2D eigenvalue weighted by Crippen LogP contribution is 2.24. The summed E-state index contributed by atoms with van der Waals surface area (Å²) in [7, 11) is 0. The first-order valence-electron chi connectivity index (χ1n) is 15.1. The Bertz CT molecular complexity index is 1170. The van der Waals surface area contributed by atoms with E-state index in [4.69, 9.17) is 4.74 Å². The first-order valence-corrected chi connectivity index (χ1v) is 15.1. The summed E-state index contributed by atoms with van der Waals surface area (Å²) in [4.78, 5) is 44.1. The predicted octanol–water partition coefficient (Wildman–Crippen LogP) is 3.87. The number of nitrogens with zero attached hydrogens (tertiary/aromatic N) is 2. The van der Waals surface area contributed by atoms with Crippen LogP contribution in [0.15, 0.2) is 42.7 Å². The average molecular weight is 583 g/mol. The highest BCUT2D eigenvalue weighted by atomic mass is 19.1. The molecule has 0 spiro atoms. The van der Waals surface area contributed by atoms with Gasteiger partial charge in [-0.1, -0.05) is 18.2 Å². The molecular weight excluding hydrogens is 539 g/mol. The molecule has 0 unspecified atom stereocenters. The van der Waals surface area contributed by atoms with E-state index in [0.717, 1.165) is 56.3 Å². The van der Waals surface area contributed by atoms with E-state index in [0.29, 0.717) is 49.6 Å². The SMILES string of the molecule is O=C(O)C[C@H](NC(=O)[C@@H]1CCCN(C(=O)CCC2CCNCC2)C1)c1cncc(CCc2ccc(OCCF)cc2)c1. The minimum Gasteiger partial charge on any atom is -0.491 e. The highest BCUT2D eigenvalue weighted by Gasteiger charge is 2.30. The number of carbonyl (C=O) groups is 3. The number of hydrogen-bond donors (Lipinski definition) is 3. The van der Waals surface area contributed by atoms with Crippen molar-refractivity contribution in [1.82, 2.24) is 20.5 Å². The van der Waals surface area contributed by atoms with Crippen LogP contribution in [0.5, 0.6) is 5.75 Å². The number of aromatic nitrogens is 1. The largest absolute Gasteiger partial charge is 0.491 e. The molecule has 42 heavy (non-hydrogen) atoms. The van der Waals surface area contributed by atoms with Gasteiger partial charge in [0, 0.05) is 31.9 Å². The minimum atomic E-state index is -1.01. The lowest BCUT2D eigenvalue weighted by atomic mass is 9.92. The number of carboxylic acid groups (broad SMARTS) is 1. The quantitative estimate of drug-likeness (QED) is 0.309. The van der Waals surface area contributed by atoms with Crippen LogP contribution in [0, 0.1) is 11.8 Å². The zero-order valence-corrected chi connectivity index (χ0v) is 24.2. The van der Waals surface area contributed by atoms with Gasteiger partial charge < -0.3 is 25.4 Å². The molecule has 0 radical (unpaired) electrons. The number of halogens is 1. The zero-order valence-electron chi connectivity index (χ0n) is 24.2. The number of aryl methyl sites for hydroxylation is 2. The van der Waals surface area contributed by atoms with Crippen LogP contribution in [0.4, 0.5) is 4.39 Å². The van der Waals surface area contributed by atoms with Crippen molar-refractivity contribution in [2.75, 3.05) is 39.5 Å². The van der Waals surface area contributed by atoms with Gasteiger partial charge in [-0.25, -0.2) is 4.39 Å². The van der Waals surface area contributed by atoms with Crippen molar-refractivity contribution in [2.24, 2.45) is 11.8 Å². The van der Waals surface area contributed by atoms with E-state index in [1.807, 2.05) is 35.2 Å². The summed E-state index contributed by atoms with van der Waals surface area (Å²) in [5.41, 5.74) is 2.65. The Kier molecular flexibility index (Phi) is 12.1. The van der Waals surface area contributed by atoms with Crippen molar-refractivity contribution in [1.29, 1.82) is 0 Å². The van der Waals surface area contributed by atoms with Gasteiger partial charge in [-0.05, 0) is 92.8 Å². The predicted molar refractivity (Wildman–Crippen MR) is 157 cm³/mol. The van der Waals surface area contributed by atoms with Crippen molar-refractivity contribution in [2.45, 2.75) is 63.8 Å². The zero-order chi connectivity index (χ0) is 29.7. The van der Waals surface area contributed by atoms with Gasteiger partial charge in [0.05, 0.1) is 18.4 Å². The molecule has 0 bridgehead atoms. The molecule has 9 nitrogen and oxygen atoms in total. The van der Waals surface area contributed by atoms with Gasteiger partial charge in [0.25, 0.3) is 0 Å². The van der Waals surface area contributed by atoms with Gasteiger partial charge in [-0.15, -0.1) is 0 Å². The molecule has 1 aromatic heterocycles. The van der Waals surface area contributed by atoms with Crippen molar-refractivity contribution in [3.63, 3.8) is 0 Å². The number of carbonyl (C=O) groups excluding carboxylic acids is 2. The molecule has 10 heteroatoms. The first kappa shape index (κ1) is 31.4. The van der Waals surface area contributed by atoms with E-state index >= 15 is 0 Å². The lowest BCUT2D eigenvalue weighted by molar-refractivity contribution is -0.138. The van der Waals surface area contributed by atoms with E-state index in [1.54, 1.807) is 12.4 Å². The maximum Gasteiger partial charge on any atom is 0.305 e. The number of amides is 2. The number of likely N-dealkylation sites (tertiary alicyclic amines) is 1. The van der Waals surface area contributed by atoms with E-state index in [1.165, 1.54) is 0 Å². The second-order valence-electron chi connectivity index (χ2n) is 11.4. The van der Waals surface area contributed by atoms with Crippen LogP contribution in [0.3, 0.4) is 0 Å². The molecule has 3 N–H and O–H groups in total. The third-order valence-corrected chi connectivity index (χ3v) is 8.26. The summed E-state index contributed by atoms with van der Waals surface area (Å²) in [6.07, 6.45) is 9.51. The molecule has 0 saturated carbocycles. The van der Waals surface area contributed by atoms with Gasteiger partial charge in [-0.3, -0.25) is 19.4 Å². The smallest absolute Gasteiger partial charge is 0.305 e. The number of piperidine rings is 2. The second-order valence-corrected chi connectivity index (χ2v) is 11.4. The molecule has 2 aliphatic heterocycles. The first-order chi connectivity index (χ1) is 20.4. The van der Waals surface area contributed by atoms with Crippen molar-refractivity contribution in [3.05, 3.63) is 59.4 Å². The standard InChI is InChI=1S/C32H43FN4O5/c33-13-17-42-28-8-5-23(6-9-28)3-4-25-18-27(21-35-20-25)29(19-31(39)40)36-32(41)26-2-1-16-37(22-26)30(38)10-7-24-11-14-34-15-12-24/h5-6,8-9,18,20-21,24,26,29,34H,1-4,7,10-17,19,22H2,(H,36,41)(H,39,40)/t26-,29+/m1/s1. The highest BCUT2D eigenvalue weighted by molar-refractivity contribution is 5.82. The number of alkyl halides is 1. The van der Waals surface area contributed by atoms with E-state index < -0.39 is 18.7 Å². The van der Waals surface area contributed by atoms with Crippen LogP contribution < -0.4 is 15.4 Å². The molecule has 2 aromatic rings. The van der Waals surface area contributed by atoms with Gasteiger partial charge in [-0.2, -0.15) is 0 Å². The Hall–Kier alpha value is -3.53. The third-order valence-electron chi connectivity index (χ3n) is 8.26. The van der Waals surface area contributed by atoms with Crippen molar-refractivity contribution >= 4 is 17.8 Å². The number of hydrogen-bond acceptors (Lipinski definition) is 6. The minimum absolute atomic E-state index is 0.0294. The molecule has 2 amide bonds. The van der Waals surface area contributed by atoms with Crippen LogP contribution in [-0.2, 0) is 27.2 Å².